The first kappa shape index (κ1) is 73.6. The van der Waals surface area contributed by atoms with E-state index in [2.05, 4.69) is 34.5 Å². The second-order valence-corrected chi connectivity index (χ2v) is 29.6. The van der Waals surface area contributed by atoms with Crippen LogP contribution in [0.25, 0.3) is 0 Å². The Labute approximate surface area is 556 Å². The van der Waals surface area contributed by atoms with Crippen molar-refractivity contribution in [3.63, 3.8) is 0 Å². The highest BCUT2D eigenvalue weighted by Gasteiger charge is 2.78. The number of halogens is 1. The van der Waals surface area contributed by atoms with Gasteiger partial charge in [-0.15, -0.1) is 0 Å². The number of carbonyl (C=O) groups excluding carboxylic acids is 3. The topological polar surface area (TPSA) is 351 Å². The number of ether oxygens (including phenoxy) is 11. The van der Waals surface area contributed by atoms with Crippen molar-refractivity contribution in [1.82, 2.24) is 10.8 Å². The fraction of sp³-hybridized carbons (Fsp3) is 0.710. The molecule has 29 heteroatoms. The van der Waals surface area contributed by atoms with Crippen molar-refractivity contribution in [2.24, 2.45) is 23.0 Å². The largest absolute Gasteiger partial charge is 0.492 e. The molecular weight excluding hydrogens is 1360 g/mol. The normalized spacial score (nSPS) is 38.6. The van der Waals surface area contributed by atoms with E-state index in [0.717, 1.165) is 11.8 Å². The van der Waals surface area contributed by atoms with E-state index in [0.29, 0.717) is 26.8 Å². The minimum Gasteiger partial charge on any atom is -0.492 e. The molecule has 6 fully saturated rings. The number of carboxylic acid groups (broad SMARTS) is 1. The number of nitrogens with two attached hydrogens (primary N) is 1. The lowest BCUT2D eigenvalue weighted by molar-refractivity contribution is -0.342. The summed E-state index contributed by atoms with van der Waals surface area (Å²) in [5.74, 6) is 9.18. The molecule has 3 unspecified atom stereocenters. The summed E-state index contributed by atoms with van der Waals surface area (Å²) >= 11 is 2.82. The molecule has 0 aromatic heterocycles. The highest BCUT2D eigenvalue weighted by molar-refractivity contribution is 14.1. The van der Waals surface area contributed by atoms with Crippen LogP contribution in [0, 0.1) is 51.4 Å². The van der Waals surface area contributed by atoms with Crippen molar-refractivity contribution in [3.8, 4) is 40.9 Å². The highest BCUT2D eigenvalue weighted by Crippen LogP contribution is 2.70. The summed E-state index contributed by atoms with van der Waals surface area (Å²) in [5.41, 5.74) is 6.97. The van der Waals surface area contributed by atoms with Gasteiger partial charge in [-0.2, -0.15) is 5.48 Å². The van der Waals surface area contributed by atoms with Crippen LogP contribution in [-0.2, 0) is 57.1 Å². The summed E-state index contributed by atoms with van der Waals surface area (Å²) in [6.45, 7) is 16.0. The molecule has 2 saturated carbocycles. The first-order chi connectivity index (χ1) is 43.0. The van der Waals surface area contributed by atoms with Gasteiger partial charge in [-0.25, -0.2) is 0 Å². The van der Waals surface area contributed by atoms with Gasteiger partial charge < -0.3 is 98.6 Å². The van der Waals surface area contributed by atoms with Gasteiger partial charge in [0.05, 0.1) is 83.2 Å². The van der Waals surface area contributed by atoms with E-state index < -0.39 is 142 Å². The average molecular weight is 1450 g/mol. The van der Waals surface area contributed by atoms with Crippen LogP contribution in [-0.4, -0.2) is 227 Å². The summed E-state index contributed by atoms with van der Waals surface area (Å²) in [5, 5.41) is 70.8. The third-order valence-corrected chi connectivity index (χ3v) is 23.8. The lowest BCUT2D eigenvalue weighted by Crippen LogP contribution is -2.69. The average Bonchev–Trinajstić information content (AvgIpc) is 1.55. The summed E-state index contributed by atoms with van der Waals surface area (Å²) in [6.07, 6.45) is -13.8. The number of carboxylic acids is 1. The van der Waals surface area contributed by atoms with Crippen molar-refractivity contribution in [2.45, 2.75) is 214 Å². The Kier molecular flexibility index (Phi) is 25.0. The minimum absolute atomic E-state index is 0.0219. The molecule has 1 aromatic rings. The Balaban J connectivity index is 1.03. The number of methoxy groups -OCH3 is 4. The van der Waals surface area contributed by atoms with E-state index >= 15 is 0 Å². The summed E-state index contributed by atoms with van der Waals surface area (Å²) in [4.78, 5) is 59.8. The fourth-order valence-corrected chi connectivity index (χ4v) is 17.3. The van der Waals surface area contributed by atoms with Crippen LogP contribution in [0.3, 0.4) is 0 Å². The minimum atomic E-state index is -1.87. The summed E-state index contributed by atoms with van der Waals surface area (Å²) < 4.78 is 67.4. The second-order valence-electron chi connectivity index (χ2n) is 24.3. The van der Waals surface area contributed by atoms with E-state index in [1.165, 1.54) is 49.8 Å². The molecule has 0 radical (unpaired) electrons. The molecule has 3 aliphatic carbocycles. The molecule has 506 valence electrons. The lowest BCUT2D eigenvalue weighted by Gasteiger charge is -2.60. The molecule has 10 N–H and O–H groups in total. The zero-order valence-electron chi connectivity index (χ0n) is 53.1. The standard InChI is InChI=1S/C62H86IN3O22S3/c1-14-65-35-26-81-40(24-39(35)77-10)86-52-47(71)45(66-88-41-23-36(68)54(32(7)82-41)90-57(75)42-29(4)44(63)50(53(80-13)49(42)78-11)87-58-48(72)51(79-12)46(70)31(6)84-58)30(5)83-59(52)85-38-17-15-16-27(2)18-20-61-34(22-28(3)67)37(69)25-62(61,76)33(43(38)61)19-21-89-91-60(8,9)55(64)56(73)74/h16,19,30-32,34-36,38-41,43,45-48,51-52,54-55,58-59,65-66,68,70-72,76H,14,21-26,64H2,1-13H3,(H,73,74)/b27-16-,33-19+/t30-,31+,32-,34?,35+,36+,38+,39+,40+,41+,43?,45-,46+,47+,48-,51-,52-,54-,55-,58+,59+,61?,62+/m1/s1. The molecule has 23 atom stereocenters. The number of hydrogen-bond donors (Lipinski definition) is 9. The maximum Gasteiger partial charge on any atom is 0.321 e. The van der Waals surface area contributed by atoms with Crippen molar-refractivity contribution in [2.75, 3.05) is 47.3 Å². The fourth-order valence-electron chi connectivity index (χ4n) is 13.1. The number of likely N-dealkylation sites (N-methyl/N-ethyl adjacent to an activating group) is 1. The number of hydroxylamine groups is 1. The highest BCUT2D eigenvalue weighted by atomic mass is 127. The predicted molar refractivity (Wildman–Crippen MR) is 343 cm³/mol. The van der Waals surface area contributed by atoms with Crippen molar-refractivity contribution < 1.29 is 107 Å². The summed E-state index contributed by atoms with van der Waals surface area (Å²) in [6, 6.07) is -2.47. The number of carbonyl (C=O) groups is 4. The number of Topliss-reactive ketones (excluding diaryl/α,β-unsaturated/α-hetero) is 2. The number of ketones is 2. The maximum atomic E-state index is 14.5. The third kappa shape index (κ3) is 15.0. The molecule has 4 saturated heterocycles. The number of aliphatic carboxylic acids is 1. The quantitative estimate of drug-likeness (QED) is 0.0170. The van der Waals surface area contributed by atoms with Crippen molar-refractivity contribution in [3.05, 3.63) is 38.0 Å². The number of nitrogens with one attached hydrogen (secondary N) is 2. The molecule has 8 rings (SSSR count). The number of allylic oxidation sites excluding steroid dienone is 2. The molecule has 4 heterocycles. The van der Waals surface area contributed by atoms with Crippen LogP contribution in [0.15, 0.2) is 23.3 Å². The van der Waals surface area contributed by atoms with Gasteiger partial charge in [0.25, 0.3) is 0 Å². The van der Waals surface area contributed by atoms with E-state index in [-0.39, 0.29) is 84.6 Å². The van der Waals surface area contributed by atoms with E-state index in [9.17, 15) is 49.8 Å². The molecule has 25 nitrogen and oxygen atoms in total. The van der Waals surface area contributed by atoms with Gasteiger partial charge in [0.2, 0.25) is 17.2 Å². The molecular formula is C62H86IN3O22S3. The van der Waals surface area contributed by atoms with Crippen LogP contribution in [0.1, 0.15) is 97.0 Å². The third-order valence-electron chi connectivity index (χ3n) is 18.0. The zero-order valence-corrected chi connectivity index (χ0v) is 57.7. The number of benzene rings is 1. The molecule has 4 aliphatic heterocycles. The number of aliphatic hydroxyl groups excluding tert-OH is 4. The molecule has 1 spiro atoms. The van der Waals surface area contributed by atoms with Gasteiger partial charge in [0.1, 0.15) is 59.8 Å². The summed E-state index contributed by atoms with van der Waals surface area (Å²) in [7, 11) is 8.20. The van der Waals surface area contributed by atoms with Crippen molar-refractivity contribution >= 4 is 78.6 Å². The number of aliphatic hydroxyl groups is 5. The Morgan fingerprint density at radius 2 is 1.63 bits per heavy atom. The zero-order chi connectivity index (χ0) is 66.8. The van der Waals surface area contributed by atoms with Crippen LogP contribution in [0.4, 0.5) is 0 Å². The lowest BCUT2D eigenvalue weighted by atomic mass is 9.44. The van der Waals surface area contributed by atoms with E-state index in [4.69, 9.17) is 62.7 Å². The van der Waals surface area contributed by atoms with Gasteiger partial charge in [-0.3, -0.25) is 19.2 Å². The SMILES string of the molecule is CCN[C@H]1CO[C@@H](O[C@H]2[C@H](O[C@H]3C#C/C=C(/C)C#CC45C(CC(C)=O)C(=O)C[C@]4(O)/C(=C/CSSC(C)(C)[C@H](N)C(=O)O)C35)O[C@H](C)[C@@H](NO[C@H]3C[C@H](O)[C@H](SC(=O)c4c(C)c(I)c(O[C@@H]5O[C@@H](C)[C@H](O)[C@@H](OC)[C@H]5O)c(OC)c4OC)[C@@H](C)O3)[C@@H]2O)C[C@@H]1OC. The van der Waals surface area contributed by atoms with Gasteiger partial charge in [0.15, 0.2) is 30.4 Å². The van der Waals surface area contributed by atoms with Crippen LogP contribution >= 0.6 is 55.9 Å². The smallest absolute Gasteiger partial charge is 0.321 e. The first-order valence-corrected chi connectivity index (χ1v) is 34.4. The Bertz CT molecular complexity index is 3020. The van der Waals surface area contributed by atoms with Crippen LogP contribution < -0.4 is 30.7 Å². The van der Waals surface area contributed by atoms with Gasteiger partial charge in [-0.05, 0) is 102 Å². The second kappa shape index (κ2) is 30.9. The van der Waals surface area contributed by atoms with E-state index in [1.807, 2.05) is 29.5 Å². The molecule has 0 amide bonds. The van der Waals surface area contributed by atoms with Crippen LogP contribution in [0.5, 0.6) is 17.2 Å². The Morgan fingerprint density at radius 3 is 2.26 bits per heavy atom. The number of rotatable bonds is 25. The number of thioether (sulfide) groups is 1. The van der Waals surface area contributed by atoms with Crippen LogP contribution in [0.2, 0.25) is 0 Å². The molecule has 1 aromatic carbocycles. The maximum absolute atomic E-state index is 14.5. The van der Waals surface area contributed by atoms with Crippen molar-refractivity contribution in [1.29, 1.82) is 0 Å². The van der Waals surface area contributed by atoms with Gasteiger partial charge >= 0.3 is 5.97 Å². The van der Waals surface area contributed by atoms with Gasteiger partial charge in [0, 0.05) is 67.8 Å². The first-order valence-electron chi connectivity index (χ1n) is 30.1. The Hall–Kier alpha value is -3.20. The van der Waals surface area contributed by atoms with E-state index in [1.54, 1.807) is 67.7 Å². The molecule has 91 heavy (non-hydrogen) atoms. The monoisotopic (exact) mass is 1450 g/mol. The molecule has 7 aliphatic rings. The van der Waals surface area contributed by atoms with Gasteiger partial charge in [-0.1, -0.05) is 70.0 Å². The Morgan fingerprint density at radius 1 is 0.923 bits per heavy atom. The molecule has 0 bridgehead atoms. The number of hydrogen-bond acceptors (Lipinski definition) is 27. The predicted octanol–water partition coefficient (Wildman–Crippen LogP) is 3.10.